The molecule has 1 atom stereocenters. The number of hydrogen-bond acceptors (Lipinski definition) is 2. The van der Waals surface area contributed by atoms with Crippen LogP contribution in [0.5, 0.6) is 0 Å². The van der Waals surface area contributed by atoms with Gasteiger partial charge in [0.15, 0.2) is 5.78 Å². The predicted octanol–water partition coefficient (Wildman–Crippen LogP) is 3.74. The summed E-state index contributed by atoms with van der Waals surface area (Å²) in [6, 6.07) is 3.47. The van der Waals surface area contributed by atoms with Crippen LogP contribution in [0.2, 0.25) is 4.34 Å². The number of ketones is 1. The second-order valence-electron chi connectivity index (χ2n) is 2.09. The fourth-order valence-corrected chi connectivity index (χ4v) is 2.40. The molecule has 0 aliphatic carbocycles. The van der Waals surface area contributed by atoms with Crippen molar-refractivity contribution in [2.24, 2.45) is 0 Å². The number of carbonyl (C=O) groups excluding carboxylic acids is 1. The Hall–Kier alpha value is 0.620. The Bertz CT molecular complexity index is 287. The molecule has 0 spiro atoms. The van der Waals surface area contributed by atoms with E-state index < -0.39 is 0 Å². The molecule has 1 rings (SSSR count). The lowest BCUT2D eigenvalue weighted by molar-refractivity contribution is 0.100. The van der Waals surface area contributed by atoms with E-state index in [1.807, 2.05) is 0 Å². The molecule has 0 saturated heterocycles. The molecule has 1 aromatic heterocycles. The number of hydrogen-bond donors (Lipinski definition) is 0. The Morgan fingerprint density at radius 2 is 2.33 bits per heavy atom. The van der Waals surface area contributed by atoms with Gasteiger partial charge >= 0.3 is 0 Å². The predicted molar refractivity (Wildman–Crippen MR) is 60.2 cm³/mol. The zero-order valence-corrected chi connectivity index (χ0v) is 10.6. The fraction of sp³-hybridized carbons (Fsp3) is 0.286. The van der Waals surface area contributed by atoms with Gasteiger partial charge in [-0.15, -0.1) is 11.3 Å². The van der Waals surface area contributed by atoms with Crippen LogP contribution >= 0.6 is 54.8 Å². The highest BCUT2D eigenvalue weighted by molar-refractivity contribution is 9.12. The largest absolute Gasteiger partial charge is 0.292 e. The first kappa shape index (κ1) is 10.7. The van der Waals surface area contributed by atoms with Crippen molar-refractivity contribution in [3.8, 4) is 0 Å². The average Bonchev–Trinajstić information content (AvgIpc) is 2.49. The van der Waals surface area contributed by atoms with E-state index in [2.05, 4.69) is 31.9 Å². The Balaban J connectivity index is 2.78. The standard InChI is InChI=1S/C7H5Br2ClOS/c8-3-4(9)7(11)5-1-2-6(10)12-5/h1-2,4H,3H2. The van der Waals surface area contributed by atoms with E-state index in [1.165, 1.54) is 11.3 Å². The van der Waals surface area contributed by atoms with Gasteiger partial charge in [-0.1, -0.05) is 43.5 Å². The smallest absolute Gasteiger partial charge is 0.187 e. The molecule has 0 bridgehead atoms. The third-order valence-electron chi connectivity index (χ3n) is 1.24. The van der Waals surface area contributed by atoms with Crippen molar-refractivity contribution in [2.75, 3.05) is 5.33 Å². The Morgan fingerprint density at radius 3 is 2.75 bits per heavy atom. The van der Waals surface area contributed by atoms with Crippen LogP contribution in [-0.4, -0.2) is 15.9 Å². The summed E-state index contributed by atoms with van der Waals surface area (Å²) in [5.41, 5.74) is 0. The van der Waals surface area contributed by atoms with Crippen molar-refractivity contribution in [1.82, 2.24) is 0 Å². The highest BCUT2D eigenvalue weighted by Crippen LogP contribution is 2.24. The highest BCUT2D eigenvalue weighted by atomic mass is 79.9. The van der Waals surface area contributed by atoms with E-state index in [4.69, 9.17) is 11.6 Å². The van der Waals surface area contributed by atoms with Crippen molar-refractivity contribution in [1.29, 1.82) is 0 Å². The molecule has 1 heterocycles. The molecule has 1 unspecified atom stereocenters. The molecule has 1 nitrogen and oxygen atoms in total. The Kier molecular flexibility index (Phi) is 4.23. The minimum atomic E-state index is -0.160. The summed E-state index contributed by atoms with van der Waals surface area (Å²) >= 11 is 13.5. The zero-order chi connectivity index (χ0) is 9.14. The van der Waals surface area contributed by atoms with Crippen molar-refractivity contribution < 1.29 is 4.79 Å². The summed E-state index contributed by atoms with van der Waals surface area (Å²) in [6.45, 7) is 0. The van der Waals surface area contributed by atoms with Gasteiger partial charge in [0.2, 0.25) is 0 Å². The molecule has 0 aromatic carbocycles. The molecule has 0 aliphatic rings. The summed E-state index contributed by atoms with van der Waals surface area (Å²) in [4.78, 5) is 12.0. The van der Waals surface area contributed by atoms with Gasteiger partial charge in [0.05, 0.1) is 14.0 Å². The van der Waals surface area contributed by atoms with Gasteiger partial charge in [-0.3, -0.25) is 4.79 Å². The molecule has 5 heteroatoms. The van der Waals surface area contributed by atoms with Crippen molar-refractivity contribution in [2.45, 2.75) is 4.83 Å². The van der Waals surface area contributed by atoms with E-state index in [-0.39, 0.29) is 10.6 Å². The van der Waals surface area contributed by atoms with Crippen LogP contribution in [0.15, 0.2) is 12.1 Å². The molecular weight excluding hydrogens is 327 g/mol. The molecule has 0 amide bonds. The molecular formula is C7H5Br2ClOS. The molecule has 66 valence electrons. The molecule has 0 aliphatic heterocycles. The van der Waals surface area contributed by atoms with Gasteiger partial charge in [-0.05, 0) is 12.1 Å². The van der Waals surface area contributed by atoms with E-state index in [0.29, 0.717) is 14.5 Å². The zero-order valence-electron chi connectivity index (χ0n) is 5.89. The molecule has 0 N–H and O–H groups in total. The van der Waals surface area contributed by atoms with E-state index >= 15 is 0 Å². The van der Waals surface area contributed by atoms with E-state index in [9.17, 15) is 4.79 Å². The van der Waals surface area contributed by atoms with Crippen LogP contribution in [0.1, 0.15) is 9.67 Å². The first-order valence-corrected chi connectivity index (χ1v) is 6.38. The van der Waals surface area contributed by atoms with Crippen molar-refractivity contribution in [3.63, 3.8) is 0 Å². The SMILES string of the molecule is O=C(c1ccc(Cl)s1)C(Br)CBr. The van der Waals surface area contributed by atoms with Crippen LogP contribution in [0.3, 0.4) is 0 Å². The van der Waals surface area contributed by atoms with Gasteiger partial charge in [0.1, 0.15) is 0 Å². The van der Waals surface area contributed by atoms with Crippen LogP contribution < -0.4 is 0 Å². The third kappa shape index (κ3) is 2.55. The van der Waals surface area contributed by atoms with E-state index in [1.54, 1.807) is 12.1 Å². The van der Waals surface area contributed by atoms with Crippen LogP contribution in [-0.2, 0) is 0 Å². The van der Waals surface area contributed by atoms with E-state index in [0.717, 1.165) is 0 Å². The molecule has 1 aromatic rings. The topological polar surface area (TPSA) is 17.1 Å². The quantitative estimate of drug-likeness (QED) is 0.609. The number of halogens is 3. The summed E-state index contributed by atoms with van der Waals surface area (Å²) in [5.74, 6) is 0.0729. The van der Waals surface area contributed by atoms with Crippen molar-refractivity contribution >= 4 is 60.6 Å². The monoisotopic (exact) mass is 330 g/mol. The van der Waals surface area contributed by atoms with Gasteiger partial charge < -0.3 is 0 Å². The number of carbonyl (C=O) groups is 1. The second kappa shape index (κ2) is 4.74. The lowest BCUT2D eigenvalue weighted by atomic mass is 10.3. The number of Topliss-reactive ketones (excluding diaryl/α,β-unsaturated/α-hetero) is 1. The first-order valence-electron chi connectivity index (χ1n) is 3.14. The summed E-state index contributed by atoms with van der Waals surface area (Å²) in [6.07, 6.45) is 0. The van der Waals surface area contributed by atoms with Crippen molar-refractivity contribution in [3.05, 3.63) is 21.3 Å². The van der Waals surface area contributed by atoms with Gasteiger partial charge in [0, 0.05) is 5.33 Å². The molecule has 0 radical (unpaired) electrons. The lowest BCUT2D eigenvalue weighted by Crippen LogP contribution is -2.13. The number of rotatable bonds is 3. The minimum absolute atomic E-state index is 0.0729. The van der Waals surface area contributed by atoms with Crippen LogP contribution in [0.25, 0.3) is 0 Å². The Labute approximate surface area is 96.4 Å². The molecule has 0 saturated carbocycles. The average molecular weight is 332 g/mol. The summed E-state index contributed by atoms with van der Waals surface area (Å²) in [5, 5.41) is 0.612. The highest BCUT2D eigenvalue weighted by Gasteiger charge is 2.16. The lowest BCUT2D eigenvalue weighted by Gasteiger charge is -2.00. The van der Waals surface area contributed by atoms with Crippen LogP contribution in [0, 0.1) is 0 Å². The van der Waals surface area contributed by atoms with Gasteiger partial charge in [0.25, 0.3) is 0 Å². The minimum Gasteiger partial charge on any atom is -0.292 e. The van der Waals surface area contributed by atoms with Gasteiger partial charge in [-0.25, -0.2) is 0 Å². The third-order valence-corrected chi connectivity index (χ3v) is 4.74. The summed E-state index contributed by atoms with van der Waals surface area (Å²) in [7, 11) is 0. The normalized spacial score (nSPS) is 12.9. The number of thiophene rings is 1. The second-order valence-corrected chi connectivity index (χ2v) is 5.56. The molecule has 0 fully saturated rings. The van der Waals surface area contributed by atoms with Crippen LogP contribution in [0.4, 0.5) is 0 Å². The fourth-order valence-electron chi connectivity index (χ4n) is 0.671. The maximum absolute atomic E-state index is 11.5. The molecule has 12 heavy (non-hydrogen) atoms. The summed E-state index contributed by atoms with van der Waals surface area (Å²) < 4.78 is 0.646. The maximum atomic E-state index is 11.5. The first-order chi connectivity index (χ1) is 5.65. The van der Waals surface area contributed by atoms with Gasteiger partial charge in [-0.2, -0.15) is 0 Å². The Morgan fingerprint density at radius 1 is 1.67 bits per heavy atom. The maximum Gasteiger partial charge on any atom is 0.187 e. The number of alkyl halides is 2.